The summed E-state index contributed by atoms with van der Waals surface area (Å²) in [5.41, 5.74) is 2.24. The molecule has 1 saturated carbocycles. The van der Waals surface area contributed by atoms with Gasteiger partial charge in [-0.2, -0.15) is 0 Å². The number of rotatable bonds is 8. The number of carbonyl (C=O) groups excluding carboxylic acids is 2. The van der Waals surface area contributed by atoms with Crippen molar-refractivity contribution < 1.29 is 14.3 Å². The summed E-state index contributed by atoms with van der Waals surface area (Å²) in [6.07, 6.45) is 3.68. The van der Waals surface area contributed by atoms with Gasteiger partial charge in [-0.25, -0.2) is 4.98 Å². The van der Waals surface area contributed by atoms with Gasteiger partial charge in [-0.15, -0.1) is 11.3 Å². The normalized spacial score (nSPS) is 17.7. The fourth-order valence-electron chi connectivity index (χ4n) is 4.18. The lowest BCUT2D eigenvalue weighted by Crippen LogP contribution is -2.53. The molecule has 1 aliphatic carbocycles. The SMILES string of the molecule is CC(C)c1ccc(OCc2nc(C(=O)NC3CCCCC3NC(=O)c3cccc(Br)c3)cs2)cc1. The van der Waals surface area contributed by atoms with E-state index in [9.17, 15) is 9.59 Å². The summed E-state index contributed by atoms with van der Waals surface area (Å²) in [6.45, 7) is 4.63. The van der Waals surface area contributed by atoms with Crippen LogP contribution in [-0.4, -0.2) is 28.9 Å². The van der Waals surface area contributed by atoms with Gasteiger partial charge in [0.2, 0.25) is 0 Å². The van der Waals surface area contributed by atoms with E-state index in [0.717, 1.165) is 40.9 Å². The largest absolute Gasteiger partial charge is 0.486 e. The van der Waals surface area contributed by atoms with E-state index in [1.165, 1.54) is 16.9 Å². The summed E-state index contributed by atoms with van der Waals surface area (Å²) in [6, 6.07) is 15.1. The second-order valence-corrected chi connectivity index (χ2v) is 11.0. The Kier molecular flexibility index (Phi) is 8.57. The summed E-state index contributed by atoms with van der Waals surface area (Å²) in [4.78, 5) is 30.1. The number of halogens is 1. The fraction of sp³-hybridized carbons (Fsp3) is 0.370. The van der Waals surface area contributed by atoms with E-state index in [0.29, 0.717) is 23.8 Å². The van der Waals surface area contributed by atoms with Crippen molar-refractivity contribution >= 4 is 39.1 Å². The molecule has 1 aliphatic rings. The first kappa shape index (κ1) is 25.4. The van der Waals surface area contributed by atoms with Crippen LogP contribution in [0.5, 0.6) is 5.75 Å². The zero-order valence-corrected chi connectivity index (χ0v) is 22.3. The molecule has 2 N–H and O–H groups in total. The minimum atomic E-state index is -0.220. The van der Waals surface area contributed by atoms with Crippen LogP contribution in [0.15, 0.2) is 58.4 Å². The van der Waals surface area contributed by atoms with Crippen molar-refractivity contribution in [3.63, 3.8) is 0 Å². The first-order chi connectivity index (χ1) is 16.9. The molecule has 1 fully saturated rings. The molecule has 2 atom stereocenters. The molecule has 0 saturated heterocycles. The van der Waals surface area contributed by atoms with Crippen LogP contribution in [-0.2, 0) is 6.61 Å². The van der Waals surface area contributed by atoms with Crippen LogP contribution in [0.2, 0.25) is 0 Å². The Morgan fingerprint density at radius 3 is 2.40 bits per heavy atom. The molecule has 35 heavy (non-hydrogen) atoms. The number of nitrogens with zero attached hydrogens (tertiary/aromatic N) is 1. The van der Waals surface area contributed by atoms with Crippen molar-refractivity contribution in [1.82, 2.24) is 15.6 Å². The van der Waals surface area contributed by atoms with Crippen molar-refractivity contribution in [3.8, 4) is 5.75 Å². The maximum Gasteiger partial charge on any atom is 0.271 e. The van der Waals surface area contributed by atoms with E-state index in [2.05, 4.69) is 57.5 Å². The molecule has 2 aromatic carbocycles. The first-order valence-corrected chi connectivity index (χ1v) is 13.6. The van der Waals surface area contributed by atoms with Crippen LogP contribution >= 0.6 is 27.3 Å². The van der Waals surface area contributed by atoms with Gasteiger partial charge < -0.3 is 15.4 Å². The lowest BCUT2D eigenvalue weighted by atomic mass is 9.90. The Labute approximate surface area is 218 Å². The van der Waals surface area contributed by atoms with E-state index >= 15 is 0 Å². The number of hydrogen-bond donors (Lipinski definition) is 2. The Balaban J connectivity index is 1.32. The summed E-state index contributed by atoms with van der Waals surface area (Å²) in [7, 11) is 0. The third kappa shape index (κ3) is 6.92. The molecule has 4 rings (SSSR count). The molecule has 2 amide bonds. The molecular formula is C27H30BrN3O3S. The highest BCUT2D eigenvalue weighted by molar-refractivity contribution is 9.10. The third-order valence-corrected chi connectivity index (χ3v) is 7.49. The summed E-state index contributed by atoms with van der Waals surface area (Å²) in [5.74, 6) is 0.901. The molecule has 0 bridgehead atoms. The zero-order chi connectivity index (χ0) is 24.8. The maximum absolute atomic E-state index is 12.9. The number of thiazole rings is 1. The number of ether oxygens (including phenoxy) is 1. The number of nitrogens with one attached hydrogen (secondary N) is 2. The summed E-state index contributed by atoms with van der Waals surface area (Å²) >= 11 is 4.81. The number of amides is 2. The van der Waals surface area contributed by atoms with E-state index in [-0.39, 0.29) is 23.9 Å². The average molecular weight is 557 g/mol. The van der Waals surface area contributed by atoms with Gasteiger partial charge >= 0.3 is 0 Å². The highest BCUT2D eigenvalue weighted by atomic mass is 79.9. The first-order valence-electron chi connectivity index (χ1n) is 11.9. The molecule has 1 heterocycles. The molecule has 0 spiro atoms. The smallest absolute Gasteiger partial charge is 0.271 e. The third-order valence-electron chi connectivity index (χ3n) is 6.18. The number of hydrogen-bond acceptors (Lipinski definition) is 5. The van der Waals surface area contributed by atoms with Gasteiger partial charge in [0.05, 0.1) is 0 Å². The van der Waals surface area contributed by atoms with Gasteiger partial charge in [-0.05, 0) is 54.7 Å². The molecule has 2 unspecified atom stereocenters. The molecule has 0 aliphatic heterocycles. The monoisotopic (exact) mass is 555 g/mol. The predicted molar refractivity (Wildman–Crippen MR) is 142 cm³/mol. The maximum atomic E-state index is 12.9. The van der Waals surface area contributed by atoms with E-state index in [1.807, 2.05) is 24.3 Å². The molecule has 0 radical (unpaired) electrons. The van der Waals surface area contributed by atoms with Gasteiger partial charge in [0, 0.05) is 27.5 Å². The molecule has 3 aromatic rings. The minimum Gasteiger partial charge on any atom is -0.486 e. The lowest BCUT2D eigenvalue weighted by Gasteiger charge is -2.32. The fourth-order valence-corrected chi connectivity index (χ4v) is 5.26. The van der Waals surface area contributed by atoms with E-state index in [1.54, 1.807) is 17.5 Å². The quantitative estimate of drug-likeness (QED) is 0.353. The predicted octanol–water partition coefficient (Wildman–Crippen LogP) is 6.08. The van der Waals surface area contributed by atoms with Gasteiger partial charge in [-0.1, -0.05) is 60.8 Å². The molecule has 8 heteroatoms. The van der Waals surface area contributed by atoms with Crippen molar-refractivity contribution in [2.75, 3.05) is 0 Å². The van der Waals surface area contributed by atoms with Crippen LogP contribution in [0, 0.1) is 0 Å². The van der Waals surface area contributed by atoms with Crippen LogP contribution < -0.4 is 15.4 Å². The lowest BCUT2D eigenvalue weighted by molar-refractivity contribution is 0.0860. The second kappa shape index (κ2) is 11.8. The summed E-state index contributed by atoms with van der Waals surface area (Å²) < 4.78 is 6.70. The van der Waals surface area contributed by atoms with Gasteiger partial charge in [0.1, 0.15) is 23.1 Å². The number of aromatic nitrogens is 1. The number of benzene rings is 2. The van der Waals surface area contributed by atoms with Crippen LogP contribution in [0.4, 0.5) is 0 Å². The Morgan fingerprint density at radius 1 is 1.06 bits per heavy atom. The van der Waals surface area contributed by atoms with Crippen molar-refractivity contribution in [1.29, 1.82) is 0 Å². The van der Waals surface area contributed by atoms with Crippen molar-refractivity contribution in [3.05, 3.63) is 80.2 Å². The standard InChI is InChI=1S/C27H30BrN3O3S/c1-17(2)18-10-12-21(13-11-18)34-15-25-29-24(16-35-25)27(33)31-23-9-4-3-8-22(23)30-26(32)19-6-5-7-20(28)14-19/h5-7,10-14,16-17,22-23H,3-4,8-9,15H2,1-2H3,(H,30,32)(H,31,33). The molecule has 1 aromatic heterocycles. The second-order valence-electron chi connectivity index (χ2n) is 9.09. The topological polar surface area (TPSA) is 80.3 Å². The summed E-state index contributed by atoms with van der Waals surface area (Å²) in [5, 5.41) is 8.71. The average Bonchev–Trinajstić information content (AvgIpc) is 3.33. The molecular weight excluding hydrogens is 526 g/mol. The van der Waals surface area contributed by atoms with E-state index in [4.69, 9.17) is 4.74 Å². The highest BCUT2D eigenvalue weighted by Crippen LogP contribution is 2.22. The van der Waals surface area contributed by atoms with Crippen LogP contribution in [0.1, 0.15) is 76.9 Å². The van der Waals surface area contributed by atoms with Crippen molar-refractivity contribution in [2.45, 2.75) is 64.1 Å². The van der Waals surface area contributed by atoms with E-state index < -0.39 is 0 Å². The Morgan fingerprint density at radius 2 is 1.74 bits per heavy atom. The van der Waals surface area contributed by atoms with Crippen molar-refractivity contribution in [2.24, 2.45) is 0 Å². The number of carbonyl (C=O) groups is 2. The highest BCUT2D eigenvalue weighted by Gasteiger charge is 2.29. The Hall–Kier alpha value is -2.71. The zero-order valence-electron chi connectivity index (χ0n) is 19.9. The van der Waals surface area contributed by atoms with Crippen LogP contribution in [0.3, 0.4) is 0 Å². The van der Waals surface area contributed by atoms with Gasteiger partial charge in [0.15, 0.2) is 0 Å². The van der Waals surface area contributed by atoms with Gasteiger partial charge in [-0.3, -0.25) is 9.59 Å². The van der Waals surface area contributed by atoms with Gasteiger partial charge in [0.25, 0.3) is 11.8 Å². The van der Waals surface area contributed by atoms with Crippen LogP contribution in [0.25, 0.3) is 0 Å². The molecule has 184 valence electrons. The minimum absolute atomic E-state index is 0.116. The Bertz CT molecular complexity index is 1160. The molecule has 6 nitrogen and oxygen atoms in total.